The molecule has 0 radical (unpaired) electrons. The van der Waals surface area contributed by atoms with Crippen LogP contribution in [0.2, 0.25) is 0 Å². The van der Waals surface area contributed by atoms with Gasteiger partial charge in [0, 0.05) is 16.5 Å². The van der Waals surface area contributed by atoms with Crippen LogP contribution in [0.25, 0.3) is 21.5 Å². The summed E-state index contributed by atoms with van der Waals surface area (Å²) in [5.41, 5.74) is 0.780. The summed E-state index contributed by atoms with van der Waals surface area (Å²) in [6, 6.07) is 18.0. The first-order valence-corrected chi connectivity index (χ1v) is 8.49. The number of benzene rings is 3. The third-order valence-corrected chi connectivity index (χ3v) is 4.03. The van der Waals surface area contributed by atoms with E-state index in [0.717, 1.165) is 16.2 Å². The second-order valence-electron chi connectivity index (χ2n) is 6.12. The number of hydrogen-bond donors (Lipinski definition) is 1. The average Bonchev–Trinajstić information content (AvgIpc) is 2.66. The van der Waals surface area contributed by atoms with E-state index < -0.39 is 11.9 Å². The molecule has 0 amide bonds. The highest BCUT2D eigenvalue weighted by molar-refractivity contribution is 6.02. The van der Waals surface area contributed by atoms with Gasteiger partial charge in [-0.2, -0.15) is 0 Å². The van der Waals surface area contributed by atoms with Crippen molar-refractivity contribution >= 4 is 33.5 Å². The SMILES string of the molecule is C=C(C)C(=O)Oc1cccc2cc3ccccc3cc12.CC=C(C)C(=O)O. The molecule has 0 unspecified atom stereocenters. The number of carbonyl (C=O) groups excluding carboxylic acids is 1. The minimum absolute atomic E-state index is 0.389. The molecule has 3 aromatic rings. The molecule has 138 valence electrons. The summed E-state index contributed by atoms with van der Waals surface area (Å²) in [7, 11) is 0. The molecule has 4 nitrogen and oxygen atoms in total. The molecule has 27 heavy (non-hydrogen) atoms. The lowest BCUT2D eigenvalue weighted by molar-refractivity contribution is -0.132. The second kappa shape index (κ2) is 8.81. The first-order valence-electron chi connectivity index (χ1n) is 8.49. The Balaban J connectivity index is 0.000000321. The van der Waals surface area contributed by atoms with Gasteiger partial charge < -0.3 is 9.84 Å². The van der Waals surface area contributed by atoms with E-state index in [2.05, 4.69) is 18.7 Å². The van der Waals surface area contributed by atoms with E-state index in [1.165, 1.54) is 5.39 Å². The first kappa shape index (κ1) is 19.9. The van der Waals surface area contributed by atoms with Gasteiger partial charge in [-0.25, -0.2) is 9.59 Å². The Hall–Kier alpha value is -3.40. The number of allylic oxidation sites excluding steroid dienone is 1. The van der Waals surface area contributed by atoms with Crippen molar-refractivity contribution in [1.29, 1.82) is 0 Å². The lowest BCUT2D eigenvalue weighted by Gasteiger charge is -2.09. The van der Waals surface area contributed by atoms with Gasteiger partial charge in [0.25, 0.3) is 0 Å². The van der Waals surface area contributed by atoms with Crippen molar-refractivity contribution in [2.75, 3.05) is 0 Å². The molecule has 0 spiro atoms. The fourth-order valence-corrected chi connectivity index (χ4v) is 2.34. The zero-order valence-electron chi connectivity index (χ0n) is 15.7. The maximum Gasteiger partial charge on any atom is 0.338 e. The summed E-state index contributed by atoms with van der Waals surface area (Å²) in [6.07, 6.45) is 1.56. The Bertz CT molecular complexity index is 1040. The zero-order chi connectivity index (χ0) is 20.0. The number of rotatable bonds is 3. The molecular formula is C23H22O4. The van der Waals surface area contributed by atoms with Crippen LogP contribution in [-0.2, 0) is 9.59 Å². The van der Waals surface area contributed by atoms with Crippen LogP contribution in [0.15, 0.2) is 78.4 Å². The van der Waals surface area contributed by atoms with Gasteiger partial charge in [0.15, 0.2) is 0 Å². The molecule has 0 aliphatic rings. The van der Waals surface area contributed by atoms with E-state index in [4.69, 9.17) is 9.84 Å². The van der Waals surface area contributed by atoms with E-state index in [-0.39, 0.29) is 0 Å². The normalized spacial score (nSPS) is 10.9. The highest BCUT2D eigenvalue weighted by Crippen LogP contribution is 2.30. The van der Waals surface area contributed by atoms with Crippen LogP contribution in [0.5, 0.6) is 5.75 Å². The first-order chi connectivity index (χ1) is 12.8. The predicted molar refractivity (Wildman–Crippen MR) is 109 cm³/mol. The molecule has 0 heterocycles. The Kier molecular flexibility index (Phi) is 6.50. The Labute approximate surface area is 158 Å². The minimum Gasteiger partial charge on any atom is -0.478 e. The van der Waals surface area contributed by atoms with Crippen molar-refractivity contribution < 1.29 is 19.4 Å². The molecule has 0 bridgehead atoms. The van der Waals surface area contributed by atoms with Crippen molar-refractivity contribution in [3.63, 3.8) is 0 Å². The van der Waals surface area contributed by atoms with Crippen molar-refractivity contribution in [2.45, 2.75) is 20.8 Å². The summed E-state index contributed by atoms with van der Waals surface area (Å²) in [6.45, 7) is 8.50. The standard InChI is InChI=1S/C18H14O2.C5H8O2/c1-12(2)18(19)20-17-9-5-8-15-10-13-6-3-4-7-14(13)11-16(15)17;1-3-4(2)5(6)7/h3-11H,1H2,2H3;3H,1-2H3,(H,6,7). The van der Waals surface area contributed by atoms with Crippen LogP contribution in [0.3, 0.4) is 0 Å². The van der Waals surface area contributed by atoms with Gasteiger partial charge in [0.05, 0.1) is 0 Å². The molecule has 0 fully saturated rings. The molecule has 1 N–H and O–H groups in total. The quantitative estimate of drug-likeness (QED) is 0.289. The maximum absolute atomic E-state index is 11.7. The van der Waals surface area contributed by atoms with Gasteiger partial charge in [-0.05, 0) is 55.1 Å². The number of ether oxygens (including phenoxy) is 1. The molecule has 0 saturated carbocycles. The van der Waals surface area contributed by atoms with Gasteiger partial charge in [0.2, 0.25) is 0 Å². The van der Waals surface area contributed by atoms with Gasteiger partial charge >= 0.3 is 11.9 Å². The minimum atomic E-state index is -0.845. The number of aliphatic carboxylic acids is 1. The molecule has 4 heteroatoms. The van der Waals surface area contributed by atoms with Gasteiger partial charge in [0.1, 0.15) is 5.75 Å². The van der Waals surface area contributed by atoms with E-state index in [9.17, 15) is 9.59 Å². The highest BCUT2D eigenvalue weighted by Gasteiger charge is 2.09. The van der Waals surface area contributed by atoms with Crippen molar-refractivity contribution in [1.82, 2.24) is 0 Å². The Morgan fingerprint density at radius 3 is 2.07 bits per heavy atom. The number of carbonyl (C=O) groups is 2. The van der Waals surface area contributed by atoms with Crippen LogP contribution in [-0.4, -0.2) is 17.0 Å². The Morgan fingerprint density at radius 1 is 0.963 bits per heavy atom. The third-order valence-electron chi connectivity index (χ3n) is 4.03. The predicted octanol–water partition coefficient (Wildman–Crippen LogP) is 5.51. The molecule has 0 aromatic heterocycles. The summed E-state index contributed by atoms with van der Waals surface area (Å²) in [5, 5.41) is 12.4. The average molecular weight is 362 g/mol. The summed E-state index contributed by atoms with van der Waals surface area (Å²) >= 11 is 0. The number of carboxylic acids is 1. The molecule has 0 aliphatic heterocycles. The molecule has 0 atom stereocenters. The fraction of sp³-hybridized carbons (Fsp3) is 0.130. The number of esters is 1. The van der Waals surface area contributed by atoms with E-state index in [1.54, 1.807) is 32.9 Å². The Morgan fingerprint density at radius 2 is 1.56 bits per heavy atom. The fourth-order valence-electron chi connectivity index (χ4n) is 2.34. The molecule has 3 aromatic carbocycles. The lowest BCUT2D eigenvalue weighted by Crippen LogP contribution is -2.08. The largest absolute Gasteiger partial charge is 0.478 e. The number of fused-ring (bicyclic) bond motifs is 2. The van der Waals surface area contributed by atoms with Crippen LogP contribution < -0.4 is 4.74 Å². The molecule has 0 saturated heterocycles. The highest BCUT2D eigenvalue weighted by atomic mass is 16.5. The van der Waals surface area contributed by atoms with Gasteiger partial charge in [-0.3, -0.25) is 0 Å². The van der Waals surface area contributed by atoms with Crippen molar-refractivity contribution in [3.8, 4) is 5.75 Å². The van der Waals surface area contributed by atoms with Crippen LogP contribution in [0.1, 0.15) is 20.8 Å². The lowest BCUT2D eigenvalue weighted by atomic mass is 10.0. The third kappa shape index (κ3) is 5.05. The smallest absolute Gasteiger partial charge is 0.338 e. The van der Waals surface area contributed by atoms with Crippen LogP contribution in [0, 0.1) is 0 Å². The summed E-state index contributed by atoms with van der Waals surface area (Å²) in [5.74, 6) is -0.672. The summed E-state index contributed by atoms with van der Waals surface area (Å²) in [4.78, 5) is 21.6. The molecule has 0 aliphatic carbocycles. The van der Waals surface area contributed by atoms with Gasteiger partial charge in [-0.15, -0.1) is 0 Å². The number of hydrogen-bond acceptors (Lipinski definition) is 3. The van der Waals surface area contributed by atoms with Crippen LogP contribution >= 0.6 is 0 Å². The monoisotopic (exact) mass is 362 g/mol. The van der Waals surface area contributed by atoms with E-state index >= 15 is 0 Å². The van der Waals surface area contributed by atoms with Crippen molar-refractivity contribution in [2.24, 2.45) is 0 Å². The number of carboxylic acid groups (broad SMARTS) is 1. The van der Waals surface area contributed by atoms with Gasteiger partial charge in [-0.1, -0.05) is 49.1 Å². The zero-order valence-corrected chi connectivity index (χ0v) is 15.7. The van der Waals surface area contributed by atoms with E-state index in [1.807, 2.05) is 36.4 Å². The van der Waals surface area contributed by atoms with Crippen molar-refractivity contribution in [3.05, 3.63) is 78.4 Å². The summed E-state index contributed by atoms with van der Waals surface area (Å²) < 4.78 is 5.40. The second-order valence-corrected chi connectivity index (χ2v) is 6.12. The molecular weight excluding hydrogens is 340 g/mol. The maximum atomic E-state index is 11.7. The van der Waals surface area contributed by atoms with E-state index in [0.29, 0.717) is 16.9 Å². The van der Waals surface area contributed by atoms with Crippen LogP contribution in [0.4, 0.5) is 0 Å². The molecule has 3 rings (SSSR count). The topological polar surface area (TPSA) is 63.6 Å².